The lowest BCUT2D eigenvalue weighted by molar-refractivity contribution is 0.0600. The first-order valence-corrected chi connectivity index (χ1v) is 8.48. The third-order valence-electron chi connectivity index (χ3n) is 4.12. The summed E-state index contributed by atoms with van der Waals surface area (Å²) in [5.41, 5.74) is 2.21. The number of carbonyl (C=O) groups is 1. The van der Waals surface area contributed by atoms with Crippen molar-refractivity contribution >= 4 is 29.0 Å². The number of thiocarbonyl (C=S) groups is 1. The largest absolute Gasteiger partial charge is 0.465 e. The maximum Gasteiger partial charge on any atom is 0.338 e. The van der Waals surface area contributed by atoms with Gasteiger partial charge in [0.15, 0.2) is 5.11 Å². The van der Waals surface area contributed by atoms with Crippen LogP contribution in [0.1, 0.15) is 35.2 Å². The van der Waals surface area contributed by atoms with Crippen molar-refractivity contribution in [1.29, 1.82) is 0 Å². The van der Waals surface area contributed by atoms with Crippen LogP contribution in [0.2, 0.25) is 0 Å². The molecule has 1 aliphatic heterocycles. The van der Waals surface area contributed by atoms with Crippen molar-refractivity contribution in [1.82, 2.24) is 10.2 Å². The topological polar surface area (TPSA) is 53.6 Å². The zero-order chi connectivity index (χ0) is 16.7. The Hall–Kier alpha value is -1.66. The zero-order valence-corrected chi connectivity index (χ0v) is 14.7. The Bertz CT molecular complexity index is 557. The van der Waals surface area contributed by atoms with Crippen molar-refractivity contribution in [3.8, 4) is 0 Å². The van der Waals surface area contributed by atoms with Crippen LogP contribution in [0.3, 0.4) is 0 Å². The molecule has 2 rings (SSSR count). The molecule has 0 spiro atoms. The molecule has 23 heavy (non-hydrogen) atoms. The highest BCUT2D eigenvalue weighted by atomic mass is 32.1. The van der Waals surface area contributed by atoms with E-state index in [4.69, 9.17) is 17.0 Å². The van der Waals surface area contributed by atoms with E-state index in [2.05, 4.69) is 15.5 Å². The van der Waals surface area contributed by atoms with E-state index in [1.165, 1.54) is 33.0 Å². The monoisotopic (exact) mass is 335 g/mol. The molecular formula is C17H25N3O2S. The van der Waals surface area contributed by atoms with Crippen molar-refractivity contribution < 1.29 is 9.53 Å². The minimum absolute atomic E-state index is 0.337. The molecule has 1 aliphatic rings. The Morgan fingerprint density at radius 3 is 2.78 bits per heavy atom. The van der Waals surface area contributed by atoms with Gasteiger partial charge in [-0.1, -0.05) is 6.07 Å². The lowest BCUT2D eigenvalue weighted by Gasteiger charge is -2.16. The molecule has 1 saturated heterocycles. The number of benzene rings is 1. The second-order valence-corrected chi connectivity index (χ2v) is 6.16. The first-order valence-electron chi connectivity index (χ1n) is 8.07. The Morgan fingerprint density at radius 1 is 1.35 bits per heavy atom. The van der Waals surface area contributed by atoms with Crippen molar-refractivity contribution in [3.05, 3.63) is 29.3 Å². The van der Waals surface area contributed by atoms with Gasteiger partial charge in [0.05, 0.1) is 12.7 Å². The number of ether oxygens (including phenoxy) is 1. The molecule has 6 heteroatoms. The van der Waals surface area contributed by atoms with Crippen LogP contribution < -0.4 is 10.6 Å². The average molecular weight is 335 g/mol. The Labute approximate surface area is 143 Å². The van der Waals surface area contributed by atoms with E-state index in [0.717, 1.165) is 30.8 Å². The molecule has 1 aromatic rings. The third kappa shape index (κ3) is 5.18. The van der Waals surface area contributed by atoms with E-state index < -0.39 is 0 Å². The fourth-order valence-corrected chi connectivity index (χ4v) is 2.99. The van der Waals surface area contributed by atoms with Crippen LogP contribution in [-0.4, -0.2) is 49.3 Å². The van der Waals surface area contributed by atoms with E-state index in [1.807, 2.05) is 19.1 Å². The summed E-state index contributed by atoms with van der Waals surface area (Å²) in [4.78, 5) is 14.2. The van der Waals surface area contributed by atoms with E-state index in [-0.39, 0.29) is 5.97 Å². The van der Waals surface area contributed by atoms with Gasteiger partial charge in [-0.2, -0.15) is 0 Å². The van der Waals surface area contributed by atoms with Crippen molar-refractivity contribution in [2.45, 2.75) is 26.2 Å². The summed E-state index contributed by atoms with van der Waals surface area (Å²) < 4.78 is 4.79. The van der Waals surface area contributed by atoms with E-state index >= 15 is 0 Å². The molecule has 0 unspecified atom stereocenters. The maximum absolute atomic E-state index is 11.7. The van der Waals surface area contributed by atoms with Gasteiger partial charge in [0, 0.05) is 12.2 Å². The SMILES string of the molecule is COC(=O)c1cccc(NC(=S)NCCCN2CCCC2)c1C. The number of hydrogen-bond acceptors (Lipinski definition) is 4. The van der Waals surface area contributed by atoms with Crippen molar-refractivity contribution in [2.24, 2.45) is 0 Å². The summed E-state index contributed by atoms with van der Waals surface area (Å²) in [7, 11) is 1.38. The molecular weight excluding hydrogens is 310 g/mol. The molecule has 0 aliphatic carbocycles. The van der Waals surface area contributed by atoms with Gasteiger partial charge >= 0.3 is 5.97 Å². The minimum Gasteiger partial charge on any atom is -0.465 e. The summed E-state index contributed by atoms with van der Waals surface area (Å²) in [6.07, 6.45) is 3.72. The van der Waals surface area contributed by atoms with Gasteiger partial charge in [-0.25, -0.2) is 4.79 Å². The molecule has 0 saturated carbocycles. The molecule has 1 fully saturated rings. The molecule has 126 valence electrons. The predicted molar refractivity (Wildman–Crippen MR) is 97.0 cm³/mol. The van der Waals surface area contributed by atoms with Gasteiger partial charge < -0.3 is 20.3 Å². The summed E-state index contributed by atoms with van der Waals surface area (Å²) in [6, 6.07) is 5.47. The highest BCUT2D eigenvalue weighted by Gasteiger charge is 2.13. The standard InChI is InChI=1S/C17H25N3O2S/c1-13-14(16(21)22-2)7-5-8-15(13)19-17(23)18-9-6-12-20-10-3-4-11-20/h5,7-8H,3-4,6,9-12H2,1-2H3,(H2,18,19,23). The molecule has 1 aromatic carbocycles. The van der Waals surface area contributed by atoms with Gasteiger partial charge in [-0.15, -0.1) is 0 Å². The second kappa shape index (κ2) is 8.84. The quantitative estimate of drug-likeness (QED) is 0.473. The number of likely N-dealkylation sites (tertiary alicyclic amines) is 1. The Balaban J connectivity index is 1.79. The van der Waals surface area contributed by atoms with Gasteiger partial charge in [0.2, 0.25) is 0 Å². The van der Waals surface area contributed by atoms with Gasteiger partial charge in [0.25, 0.3) is 0 Å². The first-order chi connectivity index (χ1) is 11.1. The fourth-order valence-electron chi connectivity index (χ4n) is 2.78. The number of nitrogens with one attached hydrogen (secondary N) is 2. The Kier molecular flexibility index (Phi) is 6.80. The van der Waals surface area contributed by atoms with Crippen LogP contribution in [0.4, 0.5) is 5.69 Å². The predicted octanol–water partition coefficient (Wildman–Crippen LogP) is 2.55. The maximum atomic E-state index is 11.7. The number of hydrogen-bond donors (Lipinski definition) is 2. The van der Waals surface area contributed by atoms with Gasteiger partial charge in [-0.3, -0.25) is 0 Å². The summed E-state index contributed by atoms with van der Waals surface area (Å²) >= 11 is 5.33. The number of carbonyl (C=O) groups excluding carboxylic acids is 1. The van der Waals surface area contributed by atoms with Crippen LogP contribution in [0, 0.1) is 6.92 Å². The molecule has 0 radical (unpaired) electrons. The Morgan fingerprint density at radius 2 is 2.09 bits per heavy atom. The fraction of sp³-hybridized carbons (Fsp3) is 0.529. The van der Waals surface area contributed by atoms with Gasteiger partial charge in [0.1, 0.15) is 0 Å². The summed E-state index contributed by atoms with van der Waals surface area (Å²) in [5.74, 6) is -0.337. The van der Waals surface area contributed by atoms with Crippen molar-refractivity contribution in [3.63, 3.8) is 0 Å². The van der Waals surface area contributed by atoms with Gasteiger partial charge in [-0.05, 0) is 75.7 Å². The van der Waals surface area contributed by atoms with Crippen LogP contribution in [0.15, 0.2) is 18.2 Å². The molecule has 5 nitrogen and oxygen atoms in total. The smallest absolute Gasteiger partial charge is 0.338 e. The van der Waals surface area contributed by atoms with Crippen LogP contribution >= 0.6 is 12.2 Å². The van der Waals surface area contributed by atoms with E-state index in [9.17, 15) is 4.79 Å². The van der Waals surface area contributed by atoms with Crippen LogP contribution in [-0.2, 0) is 4.74 Å². The molecule has 0 aromatic heterocycles. The highest BCUT2D eigenvalue weighted by molar-refractivity contribution is 7.80. The average Bonchev–Trinajstić information content (AvgIpc) is 3.06. The summed E-state index contributed by atoms with van der Waals surface area (Å²) in [6.45, 7) is 6.29. The number of esters is 1. The minimum atomic E-state index is -0.337. The number of nitrogens with zero attached hydrogens (tertiary/aromatic N) is 1. The van der Waals surface area contributed by atoms with E-state index in [0.29, 0.717) is 10.7 Å². The van der Waals surface area contributed by atoms with Crippen LogP contribution in [0.5, 0.6) is 0 Å². The molecule has 0 bridgehead atoms. The lowest BCUT2D eigenvalue weighted by Crippen LogP contribution is -2.32. The summed E-state index contributed by atoms with van der Waals surface area (Å²) in [5, 5.41) is 6.96. The first kappa shape index (κ1) is 17.7. The number of rotatable bonds is 6. The molecule has 2 N–H and O–H groups in total. The van der Waals surface area contributed by atoms with E-state index in [1.54, 1.807) is 6.07 Å². The zero-order valence-electron chi connectivity index (χ0n) is 13.9. The molecule has 1 heterocycles. The van der Waals surface area contributed by atoms with Crippen LogP contribution in [0.25, 0.3) is 0 Å². The third-order valence-corrected chi connectivity index (χ3v) is 4.37. The second-order valence-electron chi connectivity index (χ2n) is 5.75. The highest BCUT2D eigenvalue weighted by Crippen LogP contribution is 2.19. The normalized spacial score (nSPS) is 14.5. The molecule has 0 atom stereocenters. The molecule has 0 amide bonds. The lowest BCUT2D eigenvalue weighted by atomic mass is 10.1. The number of methoxy groups -OCH3 is 1. The number of anilines is 1. The van der Waals surface area contributed by atoms with Crippen molar-refractivity contribution in [2.75, 3.05) is 38.6 Å².